The Bertz CT molecular complexity index is 402. The van der Waals surface area contributed by atoms with E-state index in [-0.39, 0.29) is 11.5 Å². The quantitative estimate of drug-likeness (QED) is 0.724. The van der Waals surface area contributed by atoms with Crippen LogP contribution in [-0.2, 0) is 0 Å². The van der Waals surface area contributed by atoms with E-state index in [1.807, 2.05) is 0 Å². The largest absolute Gasteiger partial charge is 0.339 e. The van der Waals surface area contributed by atoms with E-state index in [9.17, 15) is 9.18 Å². The number of carbonyl (C=O) groups is 1. The second-order valence-electron chi connectivity index (χ2n) is 3.98. The number of benzene rings is 1. The molecule has 0 bridgehead atoms. The van der Waals surface area contributed by atoms with Gasteiger partial charge in [-0.3, -0.25) is 4.79 Å². The molecular weight excluding hydrogens is 320 g/mol. The van der Waals surface area contributed by atoms with E-state index in [4.69, 9.17) is 0 Å². The zero-order chi connectivity index (χ0) is 11.5. The fourth-order valence-corrected chi connectivity index (χ4v) is 2.42. The fraction of sp³-hybridized carbons (Fsp3) is 0.417. The van der Waals surface area contributed by atoms with E-state index >= 15 is 0 Å². The van der Waals surface area contributed by atoms with Crippen molar-refractivity contribution in [3.63, 3.8) is 0 Å². The van der Waals surface area contributed by atoms with Crippen LogP contribution in [0.4, 0.5) is 4.39 Å². The average Bonchev–Trinajstić information content (AvgIpc) is 2.32. The maximum Gasteiger partial charge on any atom is 0.256 e. The summed E-state index contributed by atoms with van der Waals surface area (Å²) in [4.78, 5) is 13.8. The number of hydrogen-bond acceptors (Lipinski definition) is 1. The Kier molecular flexibility index (Phi) is 3.78. The summed E-state index contributed by atoms with van der Waals surface area (Å²) in [5.41, 5.74) is 0.203. The summed E-state index contributed by atoms with van der Waals surface area (Å²) in [5, 5.41) is 0. The molecule has 2 rings (SSSR count). The molecule has 1 aliphatic heterocycles. The molecule has 86 valence electrons. The first-order chi connectivity index (χ1) is 7.68. The molecule has 0 saturated carbocycles. The van der Waals surface area contributed by atoms with Gasteiger partial charge in [-0.25, -0.2) is 4.39 Å². The van der Waals surface area contributed by atoms with Crippen LogP contribution in [0.1, 0.15) is 29.6 Å². The van der Waals surface area contributed by atoms with Crippen molar-refractivity contribution in [3.05, 3.63) is 33.1 Å². The minimum Gasteiger partial charge on any atom is -0.339 e. The summed E-state index contributed by atoms with van der Waals surface area (Å²) >= 11 is 2.09. The lowest BCUT2D eigenvalue weighted by molar-refractivity contribution is 0.0719. The van der Waals surface area contributed by atoms with E-state index in [1.54, 1.807) is 17.0 Å². The normalized spacial score (nSPS) is 16.2. The van der Waals surface area contributed by atoms with Gasteiger partial charge in [0.15, 0.2) is 0 Å². The Morgan fingerprint density at radius 1 is 1.25 bits per heavy atom. The van der Waals surface area contributed by atoms with E-state index < -0.39 is 5.82 Å². The summed E-state index contributed by atoms with van der Waals surface area (Å²) in [5.74, 6) is -0.591. The lowest BCUT2D eigenvalue weighted by Crippen LogP contribution is -2.36. The van der Waals surface area contributed by atoms with Gasteiger partial charge in [-0.05, 0) is 60.1 Å². The van der Waals surface area contributed by atoms with Gasteiger partial charge in [0.25, 0.3) is 5.91 Å². The molecule has 0 N–H and O–H groups in total. The van der Waals surface area contributed by atoms with Gasteiger partial charge in [0.2, 0.25) is 0 Å². The zero-order valence-corrected chi connectivity index (χ0v) is 11.0. The number of nitrogens with zero attached hydrogens (tertiary/aromatic N) is 1. The standard InChI is InChI=1S/C12H13FINO/c13-11-5-4-9(14)8-10(11)12(16)15-6-2-1-3-7-15/h4-5,8H,1-3,6-7H2. The number of halogens is 2. The van der Waals surface area contributed by atoms with Crippen LogP contribution in [0, 0.1) is 9.39 Å². The Labute approximate surface area is 108 Å². The third kappa shape index (κ3) is 2.53. The van der Waals surface area contributed by atoms with Crippen molar-refractivity contribution in [2.24, 2.45) is 0 Å². The van der Waals surface area contributed by atoms with Crippen molar-refractivity contribution in [1.82, 2.24) is 4.90 Å². The Balaban J connectivity index is 2.22. The highest BCUT2D eigenvalue weighted by Crippen LogP contribution is 2.17. The topological polar surface area (TPSA) is 20.3 Å². The third-order valence-corrected chi connectivity index (χ3v) is 3.47. The molecule has 4 heteroatoms. The van der Waals surface area contributed by atoms with Gasteiger partial charge in [0, 0.05) is 16.7 Å². The number of rotatable bonds is 1. The average molecular weight is 333 g/mol. The molecule has 2 nitrogen and oxygen atoms in total. The third-order valence-electron chi connectivity index (χ3n) is 2.80. The number of likely N-dealkylation sites (tertiary alicyclic amines) is 1. The van der Waals surface area contributed by atoms with Gasteiger partial charge in [0.05, 0.1) is 5.56 Å². The number of amides is 1. The molecule has 0 aliphatic carbocycles. The van der Waals surface area contributed by atoms with Gasteiger partial charge in [-0.15, -0.1) is 0 Å². The first-order valence-electron chi connectivity index (χ1n) is 5.43. The van der Waals surface area contributed by atoms with Gasteiger partial charge in [-0.2, -0.15) is 0 Å². The summed E-state index contributed by atoms with van der Waals surface area (Å²) < 4.78 is 14.4. The maximum atomic E-state index is 13.5. The van der Waals surface area contributed by atoms with Crippen LogP contribution in [-0.4, -0.2) is 23.9 Å². The molecule has 0 spiro atoms. The summed E-state index contributed by atoms with van der Waals surface area (Å²) in [7, 11) is 0. The molecule has 1 aromatic carbocycles. The van der Waals surface area contributed by atoms with Gasteiger partial charge in [0.1, 0.15) is 5.82 Å². The molecule has 0 radical (unpaired) electrons. The molecule has 0 aromatic heterocycles. The van der Waals surface area contributed by atoms with Crippen LogP contribution >= 0.6 is 22.6 Å². The van der Waals surface area contributed by atoms with Crippen LogP contribution in [0.15, 0.2) is 18.2 Å². The van der Waals surface area contributed by atoms with Crippen LogP contribution in [0.25, 0.3) is 0 Å². The highest BCUT2D eigenvalue weighted by Gasteiger charge is 2.20. The summed E-state index contributed by atoms with van der Waals surface area (Å²) in [6, 6.07) is 4.65. The molecule has 16 heavy (non-hydrogen) atoms. The van der Waals surface area contributed by atoms with Crippen LogP contribution in [0.2, 0.25) is 0 Å². The van der Waals surface area contributed by atoms with Crippen molar-refractivity contribution in [3.8, 4) is 0 Å². The van der Waals surface area contributed by atoms with Gasteiger partial charge < -0.3 is 4.90 Å². The molecule has 1 amide bonds. The molecule has 0 unspecified atom stereocenters. The van der Waals surface area contributed by atoms with Gasteiger partial charge >= 0.3 is 0 Å². The van der Waals surface area contributed by atoms with Crippen LogP contribution in [0.5, 0.6) is 0 Å². The molecule has 0 atom stereocenters. The second-order valence-corrected chi connectivity index (χ2v) is 5.22. The minimum atomic E-state index is -0.420. The molecule has 1 saturated heterocycles. The fourth-order valence-electron chi connectivity index (χ4n) is 1.93. The molecule has 1 aromatic rings. The van der Waals surface area contributed by atoms with Crippen molar-refractivity contribution in [2.45, 2.75) is 19.3 Å². The zero-order valence-electron chi connectivity index (χ0n) is 8.88. The summed E-state index contributed by atoms with van der Waals surface area (Å²) in [6.07, 6.45) is 3.22. The second kappa shape index (κ2) is 5.12. The number of piperidine rings is 1. The first kappa shape index (κ1) is 11.8. The van der Waals surface area contributed by atoms with Crippen molar-refractivity contribution < 1.29 is 9.18 Å². The SMILES string of the molecule is O=C(c1cc(I)ccc1F)N1CCCCC1. The first-order valence-corrected chi connectivity index (χ1v) is 6.50. The predicted octanol–water partition coefficient (Wildman–Crippen LogP) is 3.06. The molecule has 1 aliphatic rings. The molecular formula is C12H13FINO. The predicted molar refractivity (Wildman–Crippen MR) is 68.9 cm³/mol. The van der Waals surface area contributed by atoms with Crippen molar-refractivity contribution in [1.29, 1.82) is 0 Å². The van der Waals surface area contributed by atoms with Gasteiger partial charge in [-0.1, -0.05) is 0 Å². The Morgan fingerprint density at radius 2 is 1.94 bits per heavy atom. The highest BCUT2D eigenvalue weighted by atomic mass is 127. The smallest absolute Gasteiger partial charge is 0.256 e. The Hall–Kier alpha value is -0.650. The number of hydrogen-bond donors (Lipinski definition) is 0. The minimum absolute atomic E-state index is 0.171. The highest BCUT2D eigenvalue weighted by molar-refractivity contribution is 14.1. The van der Waals surface area contributed by atoms with E-state index in [1.165, 1.54) is 12.5 Å². The maximum absolute atomic E-state index is 13.5. The number of carbonyl (C=O) groups excluding carboxylic acids is 1. The molecule has 1 heterocycles. The van der Waals surface area contributed by atoms with Crippen molar-refractivity contribution >= 4 is 28.5 Å². The Morgan fingerprint density at radius 3 is 2.62 bits per heavy atom. The van der Waals surface area contributed by atoms with Crippen molar-refractivity contribution in [2.75, 3.05) is 13.1 Å². The van der Waals surface area contributed by atoms with E-state index in [0.29, 0.717) is 0 Å². The van der Waals surface area contributed by atoms with Crippen LogP contribution in [0.3, 0.4) is 0 Å². The molecule has 1 fully saturated rings. The lowest BCUT2D eigenvalue weighted by Gasteiger charge is -2.26. The monoisotopic (exact) mass is 333 g/mol. The lowest BCUT2D eigenvalue weighted by atomic mass is 10.1. The summed E-state index contributed by atoms with van der Waals surface area (Å²) in [6.45, 7) is 1.51. The van der Waals surface area contributed by atoms with Crippen LogP contribution < -0.4 is 0 Å². The van der Waals surface area contributed by atoms with E-state index in [2.05, 4.69) is 22.6 Å². The van der Waals surface area contributed by atoms with E-state index in [0.717, 1.165) is 29.5 Å².